The number of pyridine rings is 2. The summed E-state index contributed by atoms with van der Waals surface area (Å²) < 4.78 is 31.6. The Bertz CT molecular complexity index is 1280. The Balaban J connectivity index is 1.46. The van der Waals surface area contributed by atoms with Gasteiger partial charge in [0.05, 0.1) is 32.7 Å². The summed E-state index contributed by atoms with van der Waals surface area (Å²) in [5.41, 5.74) is 0.786. The third-order valence-electron chi connectivity index (χ3n) is 4.47. The van der Waals surface area contributed by atoms with E-state index < -0.39 is 9.84 Å². The number of hydrogen-bond acceptors (Lipinski definition) is 7. The molecule has 1 aromatic carbocycles. The van der Waals surface area contributed by atoms with Crippen molar-refractivity contribution in [1.29, 1.82) is 0 Å². The third-order valence-corrected chi connectivity index (χ3v) is 7.29. The minimum atomic E-state index is -3.71. The number of carbonyl (C=O) groups excluding carboxylic acids is 1. The van der Waals surface area contributed by atoms with Gasteiger partial charge in [-0.2, -0.15) is 0 Å². The number of nitrogens with zero attached hydrogens (tertiary/aromatic N) is 2. The van der Waals surface area contributed by atoms with Gasteiger partial charge in [-0.1, -0.05) is 12.1 Å². The van der Waals surface area contributed by atoms with E-state index in [1.165, 1.54) is 49.0 Å². The molecule has 30 heavy (non-hydrogen) atoms. The second-order valence-electron chi connectivity index (χ2n) is 6.41. The minimum Gasteiger partial charge on any atom is -0.495 e. The lowest BCUT2D eigenvalue weighted by Crippen LogP contribution is -2.21. The molecule has 0 saturated carbocycles. The largest absolute Gasteiger partial charge is 0.495 e. The molecule has 0 aliphatic rings. The first-order chi connectivity index (χ1) is 14.5. The Kier molecular flexibility index (Phi) is 5.47. The fourth-order valence-electron chi connectivity index (χ4n) is 2.85. The first-order valence-electron chi connectivity index (χ1n) is 8.92. The van der Waals surface area contributed by atoms with Crippen molar-refractivity contribution in [2.24, 2.45) is 0 Å². The van der Waals surface area contributed by atoms with Gasteiger partial charge in [0.2, 0.25) is 9.84 Å². The molecule has 0 aliphatic carbocycles. The topological polar surface area (TPSA) is 98.2 Å². The molecule has 0 spiro atoms. The molecule has 0 unspecified atom stereocenters. The summed E-state index contributed by atoms with van der Waals surface area (Å²) in [6.07, 6.45) is 6.14. The Labute approximate surface area is 177 Å². The van der Waals surface area contributed by atoms with Crippen molar-refractivity contribution in [3.63, 3.8) is 0 Å². The fraction of sp³-hybridized carbons (Fsp3) is 0.0952. The van der Waals surface area contributed by atoms with Gasteiger partial charge in [-0.05, 0) is 35.2 Å². The van der Waals surface area contributed by atoms with Crippen LogP contribution >= 0.6 is 11.3 Å². The number of nitrogens with one attached hydrogen (secondary N) is 1. The molecule has 0 saturated heterocycles. The molecule has 152 valence electrons. The standard InChI is InChI=1S/C21H17N3O4S2/c1-28-16-9-18(12-23-11-16)30(26,27)17-4-2-14(3-5-17)10-24-21(25)19-8-15-6-7-22-13-20(15)29-19/h2-9,11-13H,10H2,1H3,(H,24,25). The maximum absolute atomic E-state index is 12.8. The molecule has 0 bridgehead atoms. The molecule has 9 heteroatoms. The molecule has 3 heterocycles. The lowest BCUT2D eigenvalue weighted by molar-refractivity contribution is 0.0955. The molecule has 4 rings (SSSR count). The maximum atomic E-state index is 12.8. The van der Waals surface area contributed by atoms with Crippen molar-refractivity contribution in [2.45, 2.75) is 16.3 Å². The van der Waals surface area contributed by atoms with Crippen molar-refractivity contribution in [1.82, 2.24) is 15.3 Å². The van der Waals surface area contributed by atoms with Gasteiger partial charge in [0.15, 0.2) is 0 Å². The van der Waals surface area contributed by atoms with Crippen LogP contribution in [-0.2, 0) is 16.4 Å². The smallest absolute Gasteiger partial charge is 0.261 e. The van der Waals surface area contributed by atoms with Crippen LogP contribution in [-0.4, -0.2) is 31.4 Å². The van der Waals surface area contributed by atoms with Crippen LogP contribution in [0.25, 0.3) is 10.1 Å². The molecular formula is C21H17N3O4S2. The van der Waals surface area contributed by atoms with E-state index in [-0.39, 0.29) is 22.2 Å². The first-order valence-corrected chi connectivity index (χ1v) is 11.2. The number of aromatic nitrogens is 2. The van der Waals surface area contributed by atoms with Crippen LogP contribution in [0.3, 0.4) is 0 Å². The van der Waals surface area contributed by atoms with Gasteiger partial charge in [-0.15, -0.1) is 11.3 Å². The Morgan fingerprint density at radius 2 is 1.83 bits per heavy atom. The normalized spacial score (nSPS) is 11.4. The maximum Gasteiger partial charge on any atom is 0.261 e. The summed E-state index contributed by atoms with van der Waals surface area (Å²) in [7, 11) is -2.26. The summed E-state index contributed by atoms with van der Waals surface area (Å²) >= 11 is 1.38. The van der Waals surface area contributed by atoms with E-state index >= 15 is 0 Å². The molecule has 1 N–H and O–H groups in total. The van der Waals surface area contributed by atoms with E-state index in [0.717, 1.165) is 15.6 Å². The molecule has 4 aromatic rings. The number of benzene rings is 1. The van der Waals surface area contributed by atoms with Gasteiger partial charge >= 0.3 is 0 Å². The zero-order valence-electron chi connectivity index (χ0n) is 15.9. The van der Waals surface area contributed by atoms with Crippen molar-refractivity contribution >= 4 is 37.2 Å². The van der Waals surface area contributed by atoms with Crippen molar-refractivity contribution in [3.05, 3.63) is 77.7 Å². The molecule has 0 radical (unpaired) electrons. The molecular weight excluding hydrogens is 422 g/mol. The van der Waals surface area contributed by atoms with Crippen LogP contribution in [0.15, 0.2) is 77.0 Å². The van der Waals surface area contributed by atoms with Gasteiger partial charge in [0.1, 0.15) is 5.75 Å². The van der Waals surface area contributed by atoms with Crippen LogP contribution in [0, 0.1) is 0 Å². The van der Waals surface area contributed by atoms with E-state index in [1.54, 1.807) is 24.5 Å². The van der Waals surface area contributed by atoms with Gasteiger partial charge in [-0.25, -0.2) is 8.42 Å². The van der Waals surface area contributed by atoms with Gasteiger partial charge in [0, 0.05) is 31.2 Å². The van der Waals surface area contributed by atoms with Crippen molar-refractivity contribution in [2.75, 3.05) is 7.11 Å². The Hall–Kier alpha value is -3.30. The zero-order valence-corrected chi connectivity index (χ0v) is 17.5. The average molecular weight is 440 g/mol. The summed E-state index contributed by atoms with van der Waals surface area (Å²) in [6, 6.07) is 11.5. The highest BCUT2D eigenvalue weighted by molar-refractivity contribution is 7.91. The summed E-state index contributed by atoms with van der Waals surface area (Å²) in [5, 5.41) is 3.83. The predicted octanol–water partition coefficient (Wildman–Crippen LogP) is 3.46. The minimum absolute atomic E-state index is 0.0576. The predicted molar refractivity (Wildman–Crippen MR) is 113 cm³/mol. The summed E-state index contributed by atoms with van der Waals surface area (Å²) in [4.78, 5) is 21.2. The number of fused-ring (bicyclic) bond motifs is 1. The highest BCUT2D eigenvalue weighted by atomic mass is 32.2. The number of ether oxygens (including phenoxy) is 1. The molecule has 1 amide bonds. The summed E-state index contributed by atoms with van der Waals surface area (Å²) in [5.74, 6) is 0.183. The van der Waals surface area contributed by atoms with Crippen LogP contribution in [0.5, 0.6) is 5.75 Å². The Morgan fingerprint density at radius 3 is 2.57 bits per heavy atom. The average Bonchev–Trinajstić information content (AvgIpc) is 3.22. The quantitative estimate of drug-likeness (QED) is 0.494. The van der Waals surface area contributed by atoms with Crippen molar-refractivity contribution in [3.8, 4) is 5.75 Å². The second kappa shape index (κ2) is 8.21. The molecule has 7 nitrogen and oxygen atoms in total. The first kappa shape index (κ1) is 20.0. The number of sulfone groups is 1. The number of thiophene rings is 1. The zero-order chi connectivity index (χ0) is 21.1. The molecule has 3 aromatic heterocycles. The molecule has 0 atom stereocenters. The van der Waals surface area contributed by atoms with E-state index in [2.05, 4.69) is 15.3 Å². The Morgan fingerprint density at radius 1 is 1.03 bits per heavy atom. The monoisotopic (exact) mass is 439 g/mol. The van der Waals surface area contributed by atoms with Crippen LogP contribution in [0.1, 0.15) is 15.2 Å². The second-order valence-corrected chi connectivity index (χ2v) is 9.45. The van der Waals surface area contributed by atoms with Crippen molar-refractivity contribution < 1.29 is 17.9 Å². The van der Waals surface area contributed by atoms with E-state index in [4.69, 9.17) is 4.74 Å². The number of carbonyl (C=O) groups is 1. The van der Waals surface area contributed by atoms with E-state index in [1.807, 2.05) is 12.1 Å². The van der Waals surface area contributed by atoms with Gasteiger partial charge < -0.3 is 10.1 Å². The van der Waals surface area contributed by atoms with Crippen LogP contribution in [0.2, 0.25) is 0 Å². The number of hydrogen-bond donors (Lipinski definition) is 1. The van der Waals surface area contributed by atoms with E-state index in [0.29, 0.717) is 10.6 Å². The van der Waals surface area contributed by atoms with Crippen LogP contribution in [0.4, 0.5) is 0 Å². The summed E-state index contributed by atoms with van der Waals surface area (Å²) in [6.45, 7) is 0.284. The lowest BCUT2D eigenvalue weighted by Gasteiger charge is -2.08. The lowest BCUT2D eigenvalue weighted by atomic mass is 10.2. The highest BCUT2D eigenvalue weighted by Gasteiger charge is 2.19. The fourth-order valence-corrected chi connectivity index (χ4v) is 5.03. The molecule has 0 fully saturated rings. The number of methoxy groups -OCH3 is 1. The van der Waals surface area contributed by atoms with Crippen LogP contribution < -0.4 is 10.1 Å². The highest BCUT2D eigenvalue weighted by Crippen LogP contribution is 2.25. The SMILES string of the molecule is COc1cncc(S(=O)(=O)c2ccc(CNC(=O)c3cc4ccncc4s3)cc2)c1. The third kappa shape index (κ3) is 4.03. The number of amides is 1. The van der Waals surface area contributed by atoms with Gasteiger partial charge in [0.25, 0.3) is 5.91 Å². The number of rotatable bonds is 6. The molecule has 0 aliphatic heterocycles. The van der Waals surface area contributed by atoms with E-state index in [9.17, 15) is 13.2 Å². The van der Waals surface area contributed by atoms with Gasteiger partial charge in [-0.3, -0.25) is 14.8 Å².